The molecule has 108 valence electrons. The van der Waals surface area contributed by atoms with Crippen LogP contribution in [0, 0.1) is 0 Å². The highest BCUT2D eigenvalue weighted by Gasteiger charge is 2.28. The van der Waals surface area contributed by atoms with Crippen LogP contribution in [0.15, 0.2) is 18.2 Å². The Bertz CT molecular complexity index is 509. The predicted octanol–water partition coefficient (Wildman–Crippen LogP) is 2.46. The lowest BCUT2D eigenvalue weighted by molar-refractivity contribution is -0.125. The fraction of sp³-hybridized carbons (Fsp3) is 0.562. The minimum absolute atomic E-state index is 0.0124. The van der Waals surface area contributed by atoms with Crippen LogP contribution in [-0.4, -0.2) is 25.1 Å². The van der Waals surface area contributed by atoms with Crippen molar-refractivity contribution < 1.29 is 9.53 Å². The zero-order valence-corrected chi connectivity index (χ0v) is 12.2. The summed E-state index contributed by atoms with van der Waals surface area (Å²) in [5.41, 5.74) is 2.08. The predicted molar refractivity (Wildman–Crippen MR) is 79.0 cm³/mol. The number of carbonyl (C=O) groups excluding carboxylic acids is 1. The molecule has 0 radical (unpaired) electrons. The van der Waals surface area contributed by atoms with E-state index in [0.717, 1.165) is 18.0 Å². The molecular formula is C16H22N2O2. The van der Waals surface area contributed by atoms with E-state index >= 15 is 0 Å². The molecule has 1 N–H and O–H groups in total. The Hall–Kier alpha value is -1.55. The number of anilines is 1. The average molecular weight is 274 g/mol. The van der Waals surface area contributed by atoms with Crippen LogP contribution < -0.4 is 15.0 Å². The first-order chi connectivity index (χ1) is 9.65. The van der Waals surface area contributed by atoms with Crippen molar-refractivity contribution >= 4 is 11.6 Å². The highest BCUT2D eigenvalue weighted by Crippen LogP contribution is 2.34. The molecule has 0 saturated heterocycles. The van der Waals surface area contributed by atoms with Gasteiger partial charge in [0.2, 0.25) is 0 Å². The number of amides is 1. The number of fused-ring (bicyclic) bond motifs is 1. The monoisotopic (exact) mass is 274 g/mol. The summed E-state index contributed by atoms with van der Waals surface area (Å²) in [6.07, 6.45) is 4.85. The molecule has 0 bridgehead atoms. The van der Waals surface area contributed by atoms with Crippen LogP contribution in [-0.2, 0) is 11.3 Å². The summed E-state index contributed by atoms with van der Waals surface area (Å²) >= 11 is 0. The smallest absolute Gasteiger partial charge is 0.267 e. The molecule has 1 heterocycles. The number of nitrogens with one attached hydrogen (secondary N) is 1. The van der Waals surface area contributed by atoms with Crippen molar-refractivity contribution in [1.29, 1.82) is 0 Å². The van der Waals surface area contributed by atoms with Crippen molar-refractivity contribution in [2.75, 3.05) is 11.9 Å². The third kappa shape index (κ3) is 2.52. The number of hydrogen-bond donors (Lipinski definition) is 1. The summed E-state index contributed by atoms with van der Waals surface area (Å²) in [6, 6.07) is 6.76. The van der Waals surface area contributed by atoms with Crippen LogP contribution in [0.5, 0.6) is 5.75 Å². The Morgan fingerprint density at radius 3 is 2.85 bits per heavy atom. The quantitative estimate of drug-likeness (QED) is 0.920. The summed E-state index contributed by atoms with van der Waals surface area (Å²) in [6.45, 7) is 2.65. The molecule has 4 nitrogen and oxygen atoms in total. The maximum Gasteiger partial charge on any atom is 0.267 e. The topological polar surface area (TPSA) is 41.6 Å². The first-order valence-corrected chi connectivity index (χ1v) is 7.45. The van der Waals surface area contributed by atoms with Gasteiger partial charge >= 0.3 is 0 Å². The molecule has 1 aromatic carbocycles. The van der Waals surface area contributed by atoms with Crippen molar-refractivity contribution in [3.05, 3.63) is 23.8 Å². The van der Waals surface area contributed by atoms with Gasteiger partial charge in [0.25, 0.3) is 5.91 Å². The van der Waals surface area contributed by atoms with E-state index in [2.05, 4.69) is 17.4 Å². The second-order valence-electron chi connectivity index (χ2n) is 5.82. The standard InChI is InChI=1S/C16H22N2O2/c1-11-16(19)18(2)14-9-12(7-8-15(14)20-11)10-17-13-5-3-4-6-13/h7-9,11,13,17H,3-6,10H2,1-2H3. The highest BCUT2D eigenvalue weighted by molar-refractivity contribution is 5.99. The van der Waals surface area contributed by atoms with Crippen LogP contribution in [0.2, 0.25) is 0 Å². The number of likely N-dealkylation sites (N-methyl/N-ethyl adjacent to an activating group) is 1. The van der Waals surface area contributed by atoms with Gasteiger partial charge in [-0.3, -0.25) is 4.79 Å². The largest absolute Gasteiger partial charge is 0.479 e. The normalized spacial score (nSPS) is 22.8. The van der Waals surface area contributed by atoms with Gasteiger partial charge in [0.05, 0.1) is 5.69 Å². The molecule has 1 unspecified atom stereocenters. The zero-order chi connectivity index (χ0) is 14.1. The number of carbonyl (C=O) groups is 1. The molecular weight excluding hydrogens is 252 g/mol. The first-order valence-electron chi connectivity index (χ1n) is 7.45. The third-order valence-corrected chi connectivity index (χ3v) is 4.32. The second-order valence-corrected chi connectivity index (χ2v) is 5.82. The molecule has 0 aromatic heterocycles. The molecule has 1 aromatic rings. The van der Waals surface area contributed by atoms with Crippen LogP contribution in [0.4, 0.5) is 5.69 Å². The Kier molecular flexibility index (Phi) is 3.66. The Morgan fingerprint density at radius 1 is 1.35 bits per heavy atom. The molecule has 2 aliphatic rings. The summed E-state index contributed by atoms with van der Waals surface area (Å²) in [7, 11) is 1.81. The van der Waals surface area contributed by atoms with Crippen molar-refractivity contribution in [1.82, 2.24) is 5.32 Å². The first kappa shape index (κ1) is 13.4. The molecule has 1 fully saturated rings. The molecule has 1 atom stereocenters. The molecule has 4 heteroatoms. The number of rotatable bonds is 3. The Labute approximate surface area is 120 Å². The minimum atomic E-state index is -0.394. The fourth-order valence-corrected chi connectivity index (χ4v) is 3.06. The van der Waals surface area contributed by atoms with Gasteiger partial charge in [-0.05, 0) is 37.5 Å². The van der Waals surface area contributed by atoms with Crippen molar-refractivity contribution in [3.63, 3.8) is 0 Å². The number of nitrogens with zero attached hydrogens (tertiary/aromatic N) is 1. The van der Waals surface area contributed by atoms with E-state index in [4.69, 9.17) is 4.74 Å². The third-order valence-electron chi connectivity index (χ3n) is 4.32. The van der Waals surface area contributed by atoms with Gasteiger partial charge in [-0.2, -0.15) is 0 Å². The summed E-state index contributed by atoms with van der Waals surface area (Å²) in [4.78, 5) is 13.6. The van der Waals surface area contributed by atoms with Gasteiger partial charge in [0.15, 0.2) is 6.10 Å². The fourth-order valence-electron chi connectivity index (χ4n) is 3.06. The number of benzene rings is 1. The van der Waals surface area contributed by atoms with Crippen LogP contribution in [0.1, 0.15) is 38.2 Å². The summed E-state index contributed by atoms with van der Waals surface area (Å²) < 4.78 is 5.64. The van der Waals surface area contributed by atoms with Crippen molar-refractivity contribution in [2.24, 2.45) is 0 Å². The van der Waals surface area contributed by atoms with E-state index < -0.39 is 6.10 Å². The Balaban J connectivity index is 1.73. The molecule has 0 spiro atoms. The van der Waals surface area contributed by atoms with Crippen molar-refractivity contribution in [2.45, 2.75) is 51.3 Å². The molecule has 20 heavy (non-hydrogen) atoms. The SMILES string of the molecule is CC1Oc2ccc(CNC3CCCC3)cc2N(C)C1=O. The van der Waals surface area contributed by atoms with E-state index in [0.29, 0.717) is 6.04 Å². The number of ether oxygens (including phenoxy) is 1. The molecule has 1 aliphatic carbocycles. The Morgan fingerprint density at radius 2 is 2.10 bits per heavy atom. The summed E-state index contributed by atoms with van der Waals surface area (Å²) in [5, 5.41) is 3.60. The van der Waals surface area contributed by atoms with Gasteiger partial charge < -0.3 is 15.0 Å². The minimum Gasteiger partial charge on any atom is -0.479 e. The second kappa shape index (κ2) is 5.44. The van der Waals surface area contributed by atoms with Crippen molar-refractivity contribution in [3.8, 4) is 5.75 Å². The molecule has 1 aliphatic heterocycles. The summed E-state index contributed by atoms with van der Waals surface area (Å²) in [5.74, 6) is 0.808. The van der Waals surface area contributed by atoms with E-state index in [-0.39, 0.29) is 5.91 Å². The lowest BCUT2D eigenvalue weighted by Gasteiger charge is -2.30. The number of hydrogen-bond acceptors (Lipinski definition) is 3. The van der Waals surface area contributed by atoms with Gasteiger partial charge in [-0.15, -0.1) is 0 Å². The zero-order valence-electron chi connectivity index (χ0n) is 12.2. The van der Waals surface area contributed by atoms with E-state index in [1.165, 1.54) is 31.2 Å². The average Bonchev–Trinajstić information content (AvgIpc) is 2.96. The van der Waals surface area contributed by atoms with Gasteiger partial charge in [-0.1, -0.05) is 18.9 Å². The van der Waals surface area contributed by atoms with Crippen LogP contribution in [0.3, 0.4) is 0 Å². The van der Waals surface area contributed by atoms with Gasteiger partial charge in [-0.25, -0.2) is 0 Å². The highest BCUT2D eigenvalue weighted by atomic mass is 16.5. The lowest BCUT2D eigenvalue weighted by Crippen LogP contribution is -2.42. The lowest BCUT2D eigenvalue weighted by atomic mass is 10.1. The maximum absolute atomic E-state index is 12.0. The van der Waals surface area contributed by atoms with E-state index in [1.54, 1.807) is 11.8 Å². The van der Waals surface area contributed by atoms with Crippen LogP contribution >= 0.6 is 0 Å². The maximum atomic E-state index is 12.0. The van der Waals surface area contributed by atoms with E-state index in [9.17, 15) is 4.79 Å². The molecule has 1 saturated carbocycles. The molecule has 1 amide bonds. The van der Waals surface area contributed by atoms with Crippen LogP contribution in [0.25, 0.3) is 0 Å². The van der Waals surface area contributed by atoms with Gasteiger partial charge in [0.1, 0.15) is 5.75 Å². The van der Waals surface area contributed by atoms with E-state index in [1.807, 2.05) is 13.1 Å². The van der Waals surface area contributed by atoms with Gasteiger partial charge in [0, 0.05) is 19.6 Å². The molecule has 3 rings (SSSR count).